The van der Waals surface area contributed by atoms with Gasteiger partial charge in [0.25, 0.3) is 5.91 Å². The SMILES string of the molecule is CC1=C(C)C(SCC(=O)O)N(Cc2ccc3c(c2)CCO3)C1=O. The number of carboxylic acid groups (broad SMARTS) is 1. The number of fused-ring (bicyclic) bond motifs is 1. The highest BCUT2D eigenvalue weighted by Crippen LogP contribution is 2.35. The fourth-order valence-electron chi connectivity index (χ4n) is 2.96. The molecular weight excluding hydrogens is 314 g/mol. The fourth-order valence-corrected chi connectivity index (χ4v) is 4.04. The van der Waals surface area contributed by atoms with Gasteiger partial charge in [-0.2, -0.15) is 0 Å². The van der Waals surface area contributed by atoms with Gasteiger partial charge in [-0.05, 0) is 36.6 Å². The first-order valence-electron chi connectivity index (χ1n) is 7.53. The Kier molecular flexibility index (Phi) is 4.35. The zero-order chi connectivity index (χ0) is 16.6. The Bertz CT molecular complexity index is 698. The molecule has 0 aliphatic carbocycles. The first-order valence-corrected chi connectivity index (χ1v) is 8.58. The third-order valence-electron chi connectivity index (χ3n) is 4.30. The fraction of sp³-hybridized carbons (Fsp3) is 0.412. The Morgan fingerprint density at radius 1 is 1.43 bits per heavy atom. The summed E-state index contributed by atoms with van der Waals surface area (Å²) in [5.41, 5.74) is 3.89. The lowest BCUT2D eigenvalue weighted by Gasteiger charge is -2.26. The van der Waals surface area contributed by atoms with E-state index in [0.29, 0.717) is 13.2 Å². The topological polar surface area (TPSA) is 66.8 Å². The zero-order valence-electron chi connectivity index (χ0n) is 13.2. The second-order valence-corrected chi connectivity index (χ2v) is 6.91. The van der Waals surface area contributed by atoms with Crippen molar-refractivity contribution in [3.8, 4) is 5.75 Å². The predicted molar refractivity (Wildman–Crippen MR) is 88.4 cm³/mol. The molecule has 1 unspecified atom stereocenters. The third-order valence-corrected chi connectivity index (χ3v) is 5.64. The van der Waals surface area contributed by atoms with Crippen LogP contribution in [0.15, 0.2) is 29.3 Å². The van der Waals surface area contributed by atoms with Crippen molar-refractivity contribution < 1.29 is 19.4 Å². The summed E-state index contributed by atoms with van der Waals surface area (Å²) in [6.45, 7) is 4.90. The highest BCUT2D eigenvalue weighted by molar-refractivity contribution is 8.00. The molecule has 2 aliphatic rings. The standard InChI is InChI=1S/C17H19NO4S/c1-10-11(2)17(23-9-15(19)20)18(16(10)21)8-12-3-4-14-13(7-12)5-6-22-14/h3-4,7,17H,5-6,8-9H2,1-2H3,(H,19,20). The monoisotopic (exact) mass is 333 g/mol. The number of ether oxygens (including phenoxy) is 1. The van der Waals surface area contributed by atoms with Crippen molar-refractivity contribution in [1.82, 2.24) is 4.90 Å². The third kappa shape index (κ3) is 3.08. The molecule has 0 saturated carbocycles. The van der Waals surface area contributed by atoms with Crippen LogP contribution in [0.4, 0.5) is 0 Å². The maximum absolute atomic E-state index is 12.5. The number of amides is 1. The smallest absolute Gasteiger partial charge is 0.313 e. The number of carbonyl (C=O) groups is 2. The molecular formula is C17H19NO4S. The van der Waals surface area contributed by atoms with Gasteiger partial charge in [0, 0.05) is 18.5 Å². The molecule has 0 bridgehead atoms. The minimum absolute atomic E-state index is 0.0119. The molecule has 0 fully saturated rings. The van der Waals surface area contributed by atoms with Crippen LogP contribution in [0, 0.1) is 0 Å². The maximum Gasteiger partial charge on any atom is 0.313 e. The van der Waals surface area contributed by atoms with E-state index in [2.05, 4.69) is 6.07 Å². The molecule has 2 aliphatic heterocycles. The number of nitrogens with zero attached hydrogens (tertiary/aromatic N) is 1. The molecule has 0 radical (unpaired) electrons. The first-order chi connectivity index (χ1) is 11.0. The van der Waals surface area contributed by atoms with Crippen LogP contribution >= 0.6 is 11.8 Å². The number of hydrogen-bond acceptors (Lipinski definition) is 4. The number of benzene rings is 1. The van der Waals surface area contributed by atoms with E-state index in [0.717, 1.165) is 28.9 Å². The summed E-state index contributed by atoms with van der Waals surface area (Å²) in [6.07, 6.45) is 0.893. The minimum Gasteiger partial charge on any atom is -0.493 e. The van der Waals surface area contributed by atoms with Crippen LogP contribution in [0.5, 0.6) is 5.75 Å². The van der Waals surface area contributed by atoms with Crippen LogP contribution in [-0.4, -0.2) is 39.6 Å². The lowest BCUT2D eigenvalue weighted by molar-refractivity contribution is -0.134. The van der Waals surface area contributed by atoms with Crippen molar-refractivity contribution in [3.63, 3.8) is 0 Å². The van der Waals surface area contributed by atoms with Gasteiger partial charge in [-0.1, -0.05) is 12.1 Å². The second kappa shape index (κ2) is 6.28. The summed E-state index contributed by atoms with van der Waals surface area (Å²) < 4.78 is 5.51. The Balaban J connectivity index is 1.79. The van der Waals surface area contributed by atoms with E-state index < -0.39 is 5.97 Å². The van der Waals surface area contributed by atoms with E-state index in [9.17, 15) is 9.59 Å². The largest absolute Gasteiger partial charge is 0.493 e. The second-order valence-electron chi connectivity index (χ2n) is 5.84. The van der Waals surface area contributed by atoms with Gasteiger partial charge in [0.1, 0.15) is 11.1 Å². The van der Waals surface area contributed by atoms with Crippen molar-refractivity contribution in [1.29, 1.82) is 0 Å². The Labute approximate surface area is 139 Å². The van der Waals surface area contributed by atoms with Crippen molar-refractivity contribution in [2.45, 2.75) is 32.2 Å². The van der Waals surface area contributed by atoms with Crippen LogP contribution in [0.2, 0.25) is 0 Å². The summed E-state index contributed by atoms with van der Waals surface area (Å²) in [4.78, 5) is 25.1. The van der Waals surface area contributed by atoms with E-state index in [-0.39, 0.29) is 17.0 Å². The number of rotatable bonds is 5. The van der Waals surface area contributed by atoms with Crippen molar-refractivity contribution in [2.24, 2.45) is 0 Å². The molecule has 1 aromatic carbocycles. The van der Waals surface area contributed by atoms with E-state index in [4.69, 9.17) is 9.84 Å². The lowest BCUT2D eigenvalue weighted by Crippen LogP contribution is -2.33. The molecule has 1 amide bonds. The molecule has 122 valence electrons. The van der Waals surface area contributed by atoms with E-state index in [1.165, 1.54) is 17.3 Å². The number of hydrogen-bond donors (Lipinski definition) is 1. The van der Waals surface area contributed by atoms with Gasteiger partial charge < -0.3 is 14.7 Å². The average Bonchev–Trinajstić information content (AvgIpc) is 3.05. The van der Waals surface area contributed by atoms with Crippen molar-refractivity contribution in [2.75, 3.05) is 12.4 Å². The summed E-state index contributed by atoms with van der Waals surface area (Å²) in [6, 6.07) is 6.00. The molecule has 3 rings (SSSR count). The summed E-state index contributed by atoms with van der Waals surface area (Å²) in [5, 5.41) is 8.71. The van der Waals surface area contributed by atoms with Gasteiger partial charge in [-0.25, -0.2) is 0 Å². The highest BCUT2D eigenvalue weighted by atomic mass is 32.2. The number of carbonyl (C=O) groups excluding carboxylic acids is 1. The van der Waals surface area contributed by atoms with Crippen molar-refractivity contribution in [3.05, 3.63) is 40.5 Å². The van der Waals surface area contributed by atoms with Gasteiger partial charge in [-0.3, -0.25) is 9.59 Å². The van der Waals surface area contributed by atoms with Gasteiger partial charge in [-0.15, -0.1) is 11.8 Å². The van der Waals surface area contributed by atoms with E-state index in [1.54, 1.807) is 4.90 Å². The van der Waals surface area contributed by atoms with Crippen LogP contribution in [-0.2, 0) is 22.6 Å². The molecule has 23 heavy (non-hydrogen) atoms. The Morgan fingerprint density at radius 3 is 2.96 bits per heavy atom. The molecule has 6 heteroatoms. The molecule has 5 nitrogen and oxygen atoms in total. The first kappa shape index (κ1) is 15.9. The number of carboxylic acids is 1. The molecule has 2 heterocycles. The molecule has 1 aromatic rings. The average molecular weight is 333 g/mol. The molecule has 0 spiro atoms. The minimum atomic E-state index is -0.866. The molecule has 1 atom stereocenters. The summed E-state index contributed by atoms with van der Waals surface area (Å²) >= 11 is 1.28. The van der Waals surface area contributed by atoms with Gasteiger partial charge in [0.2, 0.25) is 0 Å². The molecule has 0 aromatic heterocycles. The van der Waals surface area contributed by atoms with E-state index in [1.807, 2.05) is 26.0 Å². The van der Waals surface area contributed by atoms with Gasteiger partial charge in [0.05, 0.1) is 12.4 Å². The summed E-state index contributed by atoms with van der Waals surface area (Å²) in [7, 11) is 0. The highest BCUT2D eigenvalue weighted by Gasteiger charge is 2.35. The van der Waals surface area contributed by atoms with Crippen LogP contribution in [0.3, 0.4) is 0 Å². The van der Waals surface area contributed by atoms with Gasteiger partial charge in [0.15, 0.2) is 0 Å². The Hall–Kier alpha value is -1.95. The Morgan fingerprint density at radius 2 is 2.22 bits per heavy atom. The van der Waals surface area contributed by atoms with Crippen molar-refractivity contribution >= 4 is 23.6 Å². The molecule has 0 saturated heterocycles. The predicted octanol–water partition coefficient (Wildman–Crippen LogP) is 2.44. The summed E-state index contributed by atoms with van der Waals surface area (Å²) in [5.74, 6) is 0.0252. The maximum atomic E-state index is 12.5. The van der Waals surface area contributed by atoms with E-state index >= 15 is 0 Å². The molecule has 1 N–H and O–H groups in total. The number of aliphatic carboxylic acids is 1. The lowest BCUT2D eigenvalue weighted by atomic mass is 10.1. The van der Waals surface area contributed by atoms with Crippen LogP contribution in [0.25, 0.3) is 0 Å². The zero-order valence-corrected chi connectivity index (χ0v) is 14.0. The normalized spacial score (nSPS) is 20.0. The van der Waals surface area contributed by atoms with Gasteiger partial charge >= 0.3 is 5.97 Å². The van der Waals surface area contributed by atoms with Crippen LogP contribution in [0.1, 0.15) is 25.0 Å². The number of thioether (sulfide) groups is 1. The van der Waals surface area contributed by atoms with Crippen LogP contribution < -0.4 is 4.74 Å². The quantitative estimate of drug-likeness (QED) is 0.896.